The normalized spacial score (nSPS) is 23.6. The summed E-state index contributed by atoms with van der Waals surface area (Å²) in [6.45, 7) is 13.5. The van der Waals surface area contributed by atoms with Crippen LogP contribution in [0.1, 0.15) is 108 Å². The van der Waals surface area contributed by atoms with E-state index in [-0.39, 0.29) is 65.8 Å². The zero-order chi connectivity index (χ0) is 52.1. The fourth-order valence-corrected chi connectivity index (χ4v) is 11.6. The van der Waals surface area contributed by atoms with Crippen molar-refractivity contribution in [3.63, 3.8) is 0 Å². The van der Waals surface area contributed by atoms with Crippen LogP contribution in [0.5, 0.6) is 5.75 Å². The average Bonchev–Trinajstić information content (AvgIpc) is 3.96. The van der Waals surface area contributed by atoms with Crippen LogP contribution in [0.2, 0.25) is 0 Å². The Labute approximate surface area is 422 Å². The molecule has 1 spiro atoms. The predicted molar refractivity (Wildman–Crippen MR) is 265 cm³/mol. The number of carbonyl (C=O) groups excluding carboxylic acids is 4. The monoisotopic (exact) mass is 1010 g/mol. The number of anilines is 2. The maximum atomic E-state index is 14.2. The molecule has 14 nitrogen and oxygen atoms in total. The fourth-order valence-electron chi connectivity index (χ4n) is 11.1. The quantitative estimate of drug-likeness (QED) is 0.102. The number of benzene rings is 3. The van der Waals surface area contributed by atoms with Crippen molar-refractivity contribution in [1.29, 1.82) is 5.26 Å². The molecule has 3 amide bonds. The highest BCUT2D eigenvalue weighted by molar-refractivity contribution is 7.81. The lowest BCUT2D eigenvalue weighted by Gasteiger charge is -2.57. The summed E-state index contributed by atoms with van der Waals surface area (Å²) in [6.07, 6.45) is -0.230. The Morgan fingerprint density at radius 1 is 0.986 bits per heavy atom. The van der Waals surface area contributed by atoms with Crippen molar-refractivity contribution >= 4 is 52.2 Å². The Bertz CT molecular complexity index is 2750. The smallest absolute Gasteiger partial charge is 0.417 e. The highest BCUT2D eigenvalue weighted by Gasteiger charge is 2.53. The van der Waals surface area contributed by atoms with Crippen LogP contribution in [0.15, 0.2) is 77.5 Å². The predicted octanol–water partition coefficient (Wildman–Crippen LogP) is 9.12. The number of hydrogen-bond acceptors (Lipinski definition) is 11. The second-order valence-corrected chi connectivity index (χ2v) is 22.1. The van der Waals surface area contributed by atoms with Crippen LogP contribution in [-0.4, -0.2) is 87.7 Å². The molecule has 4 fully saturated rings. The number of alkyl halides is 3. The number of aryl methyl sites for hydroxylation is 1. The maximum Gasteiger partial charge on any atom is 0.417 e. The molecule has 382 valence electrons. The highest BCUT2D eigenvalue weighted by atomic mass is 32.1. The third-order valence-corrected chi connectivity index (χ3v) is 15.2. The van der Waals surface area contributed by atoms with Gasteiger partial charge in [-0.2, -0.15) is 18.4 Å². The van der Waals surface area contributed by atoms with E-state index in [0.717, 1.165) is 59.5 Å². The number of rotatable bonds is 16. The van der Waals surface area contributed by atoms with Crippen molar-refractivity contribution in [3.8, 4) is 23.1 Å². The molecule has 4 aromatic rings. The molecule has 18 heteroatoms. The van der Waals surface area contributed by atoms with Gasteiger partial charge in [0, 0.05) is 36.6 Å². The van der Waals surface area contributed by atoms with Crippen LogP contribution in [-0.2, 0) is 30.1 Å². The summed E-state index contributed by atoms with van der Waals surface area (Å²) in [4.78, 5) is 63.1. The number of nitrogens with one attached hydrogen (secondary N) is 1. The number of aliphatic hydroxyl groups is 1. The van der Waals surface area contributed by atoms with Gasteiger partial charge in [-0.1, -0.05) is 45.0 Å². The number of halogens is 3. The van der Waals surface area contributed by atoms with Crippen molar-refractivity contribution in [2.24, 2.45) is 28.6 Å². The van der Waals surface area contributed by atoms with Crippen LogP contribution in [0.3, 0.4) is 0 Å². The summed E-state index contributed by atoms with van der Waals surface area (Å²) in [5.41, 5.74) is -0.316. The van der Waals surface area contributed by atoms with Gasteiger partial charge in [0.25, 0.3) is 5.91 Å². The second-order valence-electron chi connectivity index (χ2n) is 21.7. The molecule has 2 saturated heterocycles. The number of nitriles is 1. The van der Waals surface area contributed by atoms with Crippen molar-refractivity contribution < 1.29 is 51.3 Å². The number of Topliss-reactive ketones (excluding diaryl/α,β-unsaturated/α-hetero) is 1. The van der Waals surface area contributed by atoms with Gasteiger partial charge in [-0.25, -0.2) is 4.98 Å². The number of thiocarbonyl (C=S) groups is 1. The number of carbonyl (C=O) groups is 4. The Kier molecular flexibility index (Phi) is 14.5. The van der Waals surface area contributed by atoms with Crippen molar-refractivity contribution in [2.45, 2.75) is 117 Å². The number of ether oxygens (including phenoxy) is 2. The summed E-state index contributed by atoms with van der Waals surface area (Å²) in [5, 5.41) is 22.9. The van der Waals surface area contributed by atoms with Crippen molar-refractivity contribution in [1.82, 2.24) is 15.2 Å². The molecule has 2 saturated carbocycles. The largest absolute Gasteiger partial charge is 0.493 e. The first-order valence-corrected chi connectivity index (χ1v) is 24.7. The van der Waals surface area contributed by atoms with Gasteiger partial charge in [0.2, 0.25) is 11.8 Å². The van der Waals surface area contributed by atoms with Gasteiger partial charge in [-0.05, 0) is 136 Å². The van der Waals surface area contributed by atoms with E-state index in [4.69, 9.17) is 26.1 Å². The molecule has 0 bridgehead atoms. The molecule has 1 aromatic heterocycles. The van der Waals surface area contributed by atoms with Gasteiger partial charge in [-0.3, -0.25) is 24.1 Å². The first kappa shape index (κ1) is 52.2. The molecule has 4 atom stereocenters. The second kappa shape index (κ2) is 20.0. The number of oxazole rings is 1. The van der Waals surface area contributed by atoms with E-state index < -0.39 is 52.2 Å². The number of aromatic nitrogens is 1. The van der Waals surface area contributed by atoms with Crippen LogP contribution in [0, 0.1) is 46.8 Å². The lowest BCUT2D eigenvalue weighted by atomic mass is 9.48. The van der Waals surface area contributed by atoms with E-state index in [0.29, 0.717) is 42.2 Å². The average molecular weight is 1010 g/mol. The van der Waals surface area contributed by atoms with Gasteiger partial charge >= 0.3 is 6.18 Å². The van der Waals surface area contributed by atoms with Crippen LogP contribution in [0.25, 0.3) is 11.3 Å². The lowest BCUT2D eigenvalue weighted by Crippen LogP contribution is -2.50. The van der Waals surface area contributed by atoms with E-state index >= 15 is 0 Å². The number of aliphatic hydroxyl groups excluding tert-OH is 1. The minimum absolute atomic E-state index is 0.000870. The zero-order valence-electron chi connectivity index (χ0n) is 41.5. The molecule has 2 aliphatic carbocycles. The standard InChI is InChI=1S/C54H61F3N6O8S/c1-31(35-8-10-36(11-9-35)46-32(2)59-30-71-46)60-47(66)45-20-40(64)26-61(45)48(67)44(51(3,4)5)19-41(65)29-69-27-33-21-53(22-33)23-34(24-53)28-70-42-16-14-38(15-17-42)63-50(72)62(49(68)52(63,6)7)39-13-12-37(25-58)43(18-39)54(55,56)57/h8-18,30-31,33-34,40,44-45,64H,19-24,26-29H2,1-7H3,(H,60,66)/t31-,33?,34?,40+,44+,45-,53?/m0/s1. The lowest BCUT2D eigenvalue weighted by molar-refractivity contribution is -0.147. The van der Waals surface area contributed by atoms with Gasteiger partial charge in [-0.15, -0.1) is 0 Å². The van der Waals surface area contributed by atoms with E-state index in [1.54, 1.807) is 49.1 Å². The number of β-amino-alcohol motifs (C(OH)–C–C–N with tert-alkyl or cyclic N) is 1. The summed E-state index contributed by atoms with van der Waals surface area (Å²) >= 11 is 5.67. The van der Waals surface area contributed by atoms with Gasteiger partial charge in [0.1, 0.15) is 23.9 Å². The van der Waals surface area contributed by atoms with Gasteiger partial charge in [0.15, 0.2) is 23.0 Å². The van der Waals surface area contributed by atoms with E-state index in [9.17, 15) is 42.7 Å². The minimum Gasteiger partial charge on any atom is -0.493 e. The number of nitrogens with zero attached hydrogens (tertiary/aromatic N) is 5. The summed E-state index contributed by atoms with van der Waals surface area (Å²) in [5.74, 6) is -0.164. The Hall–Kier alpha value is -6.16. The Morgan fingerprint density at radius 3 is 2.22 bits per heavy atom. The summed E-state index contributed by atoms with van der Waals surface area (Å²) < 4.78 is 58.9. The molecule has 4 aliphatic rings. The molecule has 3 heterocycles. The number of hydrogen-bond donors (Lipinski definition) is 2. The topological polar surface area (TPSA) is 179 Å². The first-order chi connectivity index (χ1) is 33.9. The molecule has 0 unspecified atom stereocenters. The molecule has 0 radical (unpaired) electrons. The summed E-state index contributed by atoms with van der Waals surface area (Å²) in [6, 6.07) is 18.0. The van der Waals surface area contributed by atoms with Gasteiger partial charge in [0.05, 0.1) is 53.9 Å². The van der Waals surface area contributed by atoms with E-state index in [1.165, 1.54) is 17.4 Å². The van der Waals surface area contributed by atoms with E-state index in [2.05, 4.69) is 10.3 Å². The number of likely N-dealkylation sites (tertiary alicyclic amines) is 1. The maximum absolute atomic E-state index is 14.2. The fraction of sp³-hybridized carbons (Fsp3) is 0.500. The number of amides is 3. The molecule has 72 heavy (non-hydrogen) atoms. The molecule has 3 aromatic carbocycles. The van der Waals surface area contributed by atoms with Crippen LogP contribution >= 0.6 is 12.2 Å². The van der Waals surface area contributed by atoms with Crippen LogP contribution < -0.4 is 19.9 Å². The third-order valence-electron chi connectivity index (χ3n) is 14.9. The number of ketones is 1. The Balaban J connectivity index is 0.764. The molecule has 2 aliphatic heterocycles. The minimum atomic E-state index is -4.80. The molecular formula is C54H61F3N6O8S. The van der Waals surface area contributed by atoms with Gasteiger partial charge < -0.3 is 34.1 Å². The Morgan fingerprint density at radius 2 is 1.62 bits per heavy atom. The van der Waals surface area contributed by atoms with E-state index in [1.807, 2.05) is 58.9 Å². The SMILES string of the molecule is Cc1ncoc1-c1ccc([C@H](C)NC(=O)[C@@H]2C[C@@H](O)CN2C(=O)[C@@H](CC(=O)COCC2CC3(C2)CC(COc2ccc(N4C(=S)N(c5ccc(C#N)c(C(F)(F)F)c5)C(=O)C4(C)C)cc2)C3)C(C)(C)C)cc1. The third kappa shape index (κ3) is 10.7. The first-order valence-electron chi connectivity index (χ1n) is 24.3. The molecule has 2 N–H and O–H groups in total. The van der Waals surface area contributed by atoms with Crippen molar-refractivity contribution in [3.05, 3.63) is 95.5 Å². The molecular weight excluding hydrogens is 950 g/mol. The van der Waals surface area contributed by atoms with Crippen LogP contribution in [0.4, 0.5) is 24.5 Å². The summed E-state index contributed by atoms with van der Waals surface area (Å²) in [7, 11) is 0. The molecule has 8 rings (SSSR count). The highest BCUT2D eigenvalue weighted by Crippen LogP contribution is 2.61. The van der Waals surface area contributed by atoms with Crippen molar-refractivity contribution in [2.75, 3.05) is 36.2 Å². The zero-order valence-corrected chi connectivity index (χ0v) is 42.4.